The van der Waals surface area contributed by atoms with E-state index in [1.165, 1.54) is 11.3 Å². The Labute approximate surface area is 122 Å². The molecule has 2 nitrogen and oxygen atoms in total. The summed E-state index contributed by atoms with van der Waals surface area (Å²) in [5.74, 6) is 1.11. The van der Waals surface area contributed by atoms with Gasteiger partial charge in [0.2, 0.25) is 0 Å². The summed E-state index contributed by atoms with van der Waals surface area (Å²) in [7, 11) is 0. The third-order valence-corrected chi connectivity index (χ3v) is 4.36. The molecule has 0 spiro atoms. The van der Waals surface area contributed by atoms with Crippen LogP contribution in [0.2, 0.25) is 5.15 Å². The number of aromatic nitrogens is 1. The number of rotatable bonds is 3. The summed E-state index contributed by atoms with van der Waals surface area (Å²) in [5, 5.41) is 0.922. The van der Waals surface area contributed by atoms with Gasteiger partial charge in [-0.15, -0.1) is 11.6 Å². The van der Waals surface area contributed by atoms with Crippen LogP contribution in [0.25, 0.3) is 0 Å². The number of ether oxygens (including phenoxy) is 1. The van der Waals surface area contributed by atoms with E-state index in [2.05, 4.69) is 20.9 Å². The number of alkyl halides is 1. The molecule has 2 rings (SSSR count). The van der Waals surface area contributed by atoms with Gasteiger partial charge in [0.1, 0.15) is 10.9 Å². The van der Waals surface area contributed by atoms with Gasteiger partial charge in [0.15, 0.2) is 0 Å². The van der Waals surface area contributed by atoms with E-state index in [1.54, 1.807) is 0 Å². The summed E-state index contributed by atoms with van der Waals surface area (Å²) in [6.45, 7) is 1.97. The van der Waals surface area contributed by atoms with Crippen LogP contribution in [-0.4, -0.2) is 4.98 Å². The summed E-state index contributed by atoms with van der Waals surface area (Å²) in [6, 6.07) is 5.78. The van der Waals surface area contributed by atoms with Crippen LogP contribution in [0.4, 0.5) is 0 Å². The lowest BCUT2D eigenvalue weighted by atomic mass is 10.2. The highest BCUT2D eigenvalue weighted by Gasteiger charge is 2.11. The Morgan fingerprint density at radius 2 is 2.24 bits per heavy atom. The van der Waals surface area contributed by atoms with Gasteiger partial charge >= 0.3 is 0 Å². The Hall–Kier alpha value is -0.290. The van der Waals surface area contributed by atoms with Gasteiger partial charge in [-0.3, -0.25) is 0 Å². The van der Waals surface area contributed by atoms with Gasteiger partial charge in [0.05, 0.1) is 10.8 Å². The minimum Gasteiger partial charge on any atom is -0.431 e. The van der Waals surface area contributed by atoms with Crippen molar-refractivity contribution in [1.82, 2.24) is 4.98 Å². The second-order valence-corrected chi connectivity index (χ2v) is 5.93. The lowest BCUT2D eigenvalue weighted by molar-refractivity contribution is 0.475. The molecule has 0 saturated carbocycles. The summed E-state index contributed by atoms with van der Waals surface area (Å²) < 4.78 is 6.69. The van der Waals surface area contributed by atoms with Gasteiger partial charge in [0.25, 0.3) is 5.19 Å². The van der Waals surface area contributed by atoms with Gasteiger partial charge < -0.3 is 4.74 Å². The molecule has 17 heavy (non-hydrogen) atoms. The predicted octanol–water partition coefficient (Wildman–Crippen LogP) is 5.40. The van der Waals surface area contributed by atoms with E-state index in [4.69, 9.17) is 27.9 Å². The van der Waals surface area contributed by atoms with Crippen molar-refractivity contribution in [2.45, 2.75) is 12.8 Å². The number of hydrogen-bond acceptors (Lipinski definition) is 3. The molecular weight excluding hydrogens is 345 g/mol. The molecule has 1 aromatic carbocycles. The summed E-state index contributed by atoms with van der Waals surface area (Å²) >= 11 is 16.4. The Morgan fingerprint density at radius 1 is 1.47 bits per heavy atom. The number of aryl methyl sites for hydroxylation is 1. The van der Waals surface area contributed by atoms with Crippen molar-refractivity contribution in [3.63, 3.8) is 0 Å². The molecule has 0 unspecified atom stereocenters. The highest BCUT2D eigenvalue weighted by Crippen LogP contribution is 2.34. The average Bonchev–Trinajstić information content (AvgIpc) is 2.63. The molecule has 1 heterocycles. The summed E-state index contributed by atoms with van der Waals surface area (Å²) in [6.07, 6.45) is 0. The van der Waals surface area contributed by atoms with E-state index < -0.39 is 0 Å². The zero-order valence-electron chi connectivity index (χ0n) is 8.84. The normalized spacial score (nSPS) is 10.6. The lowest BCUT2D eigenvalue weighted by Gasteiger charge is -2.05. The molecule has 0 fully saturated rings. The third kappa shape index (κ3) is 3.13. The molecule has 0 atom stereocenters. The van der Waals surface area contributed by atoms with Crippen LogP contribution >= 0.6 is 50.5 Å². The first-order valence-corrected chi connectivity index (χ1v) is 7.27. The molecule has 0 aliphatic heterocycles. The average molecular weight is 353 g/mol. The number of hydrogen-bond donors (Lipinski definition) is 0. The molecule has 0 radical (unpaired) electrons. The van der Waals surface area contributed by atoms with Crippen LogP contribution < -0.4 is 4.74 Å². The molecule has 0 amide bonds. The van der Waals surface area contributed by atoms with Gasteiger partial charge in [-0.05, 0) is 30.7 Å². The highest BCUT2D eigenvalue weighted by atomic mass is 79.9. The van der Waals surface area contributed by atoms with E-state index in [9.17, 15) is 0 Å². The lowest BCUT2D eigenvalue weighted by Crippen LogP contribution is -1.86. The first kappa shape index (κ1) is 13.1. The van der Waals surface area contributed by atoms with E-state index in [-0.39, 0.29) is 0 Å². The quantitative estimate of drug-likeness (QED) is 0.690. The Morgan fingerprint density at radius 3 is 2.82 bits per heavy atom. The van der Waals surface area contributed by atoms with Crippen molar-refractivity contribution >= 4 is 50.5 Å². The van der Waals surface area contributed by atoms with Gasteiger partial charge in [0, 0.05) is 4.47 Å². The maximum absolute atomic E-state index is 5.90. The number of halogens is 3. The van der Waals surface area contributed by atoms with Crippen LogP contribution in [0.3, 0.4) is 0 Å². The van der Waals surface area contributed by atoms with E-state index in [0.29, 0.717) is 16.2 Å². The molecular formula is C11H8BrCl2NOS. The minimum absolute atomic E-state index is 0.346. The van der Waals surface area contributed by atoms with E-state index in [0.717, 1.165) is 20.7 Å². The third-order valence-electron chi connectivity index (χ3n) is 2.09. The maximum atomic E-state index is 5.90. The van der Waals surface area contributed by atoms with Crippen molar-refractivity contribution < 1.29 is 4.74 Å². The van der Waals surface area contributed by atoms with Crippen molar-refractivity contribution in [2.24, 2.45) is 0 Å². The largest absolute Gasteiger partial charge is 0.431 e. The fraction of sp³-hybridized carbons (Fsp3) is 0.182. The van der Waals surface area contributed by atoms with Crippen LogP contribution in [0.15, 0.2) is 22.7 Å². The zero-order chi connectivity index (χ0) is 12.4. The Bertz CT molecular complexity index is 544. The molecule has 2 aromatic rings. The molecule has 1 aromatic heterocycles. The summed E-state index contributed by atoms with van der Waals surface area (Å²) in [4.78, 5) is 4.92. The van der Waals surface area contributed by atoms with Crippen LogP contribution in [0.1, 0.15) is 10.4 Å². The van der Waals surface area contributed by atoms with Crippen LogP contribution in [0, 0.1) is 6.92 Å². The fourth-order valence-corrected chi connectivity index (χ4v) is 3.07. The van der Waals surface area contributed by atoms with Crippen LogP contribution in [0.5, 0.6) is 10.9 Å². The second kappa shape index (κ2) is 5.57. The number of thiazole rings is 1. The smallest absolute Gasteiger partial charge is 0.280 e. The molecule has 90 valence electrons. The van der Waals surface area contributed by atoms with E-state index >= 15 is 0 Å². The summed E-state index contributed by atoms with van der Waals surface area (Å²) in [5.41, 5.74) is 1.03. The first-order valence-electron chi connectivity index (χ1n) is 4.75. The predicted molar refractivity (Wildman–Crippen MR) is 75.6 cm³/mol. The highest BCUT2D eigenvalue weighted by molar-refractivity contribution is 9.10. The molecule has 6 heteroatoms. The van der Waals surface area contributed by atoms with Crippen molar-refractivity contribution in [1.29, 1.82) is 0 Å². The van der Waals surface area contributed by atoms with Gasteiger partial charge in [-0.25, -0.2) is 0 Å². The molecule has 0 bridgehead atoms. The maximum Gasteiger partial charge on any atom is 0.280 e. The van der Waals surface area contributed by atoms with Crippen LogP contribution in [-0.2, 0) is 5.88 Å². The number of nitrogens with zero attached hydrogens (tertiary/aromatic N) is 1. The monoisotopic (exact) mass is 351 g/mol. The molecule has 0 aliphatic rings. The molecule has 0 aliphatic carbocycles. The van der Waals surface area contributed by atoms with Crippen molar-refractivity contribution in [3.8, 4) is 10.9 Å². The first-order chi connectivity index (χ1) is 8.10. The molecule has 0 N–H and O–H groups in total. The molecule has 0 saturated heterocycles. The number of benzene rings is 1. The standard InChI is InChI=1S/C11H8BrCl2NOS/c1-6-4-7(12)2-3-8(6)16-11-15-10(14)9(5-13)17-11/h2-4H,5H2,1H3. The van der Waals surface area contributed by atoms with Crippen molar-refractivity contribution in [3.05, 3.63) is 38.3 Å². The SMILES string of the molecule is Cc1cc(Br)ccc1Oc1nc(Cl)c(CCl)s1. The Balaban J connectivity index is 2.25. The topological polar surface area (TPSA) is 22.1 Å². The second-order valence-electron chi connectivity index (χ2n) is 3.34. The Kier molecular flexibility index (Phi) is 4.31. The van der Waals surface area contributed by atoms with E-state index in [1.807, 2.05) is 25.1 Å². The van der Waals surface area contributed by atoms with Gasteiger partial charge in [-0.1, -0.05) is 38.9 Å². The fourth-order valence-electron chi connectivity index (χ4n) is 1.26. The zero-order valence-corrected chi connectivity index (χ0v) is 12.8. The van der Waals surface area contributed by atoms with Gasteiger partial charge in [-0.2, -0.15) is 4.98 Å². The minimum atomic E-state index is 0.346. The van der Waals surface area contributed by atoms with Crippen molar-refractivity contribution in [2.75, 3.05) is 0 Å².